The first kappa shape index (κ1) is 17.6. The van der Waals surface area contributed by atoms with Crippen molar-refractivity contribution in [2.75, 3.05) is 19.6 Å². The van der Waals surface area contributed by atoms with Crippen molar-refractivity contribution in [2.45, 2.75) is 69.9 Å². The average molecular weight is 343 g/mol. The lowest BCUT2D eigenvalue weighted by Gasteiger charge is -2.38. The lowest BCUT2D eigenvalue weighted by Crippen LogP contribution is -2.53. The number of amides is 1. The molecule has 1 saturated carbocycles. The second-order valence-corrected chi connectivity index (χ2v) is 7.99. The molecule has 3 aliphatic rings. The van der Waals surface area contributed by atoms with Gasteiger partial charge >= 0.3 is 0 Å². The summed E-state index contributed by atoms with van der Waals surface area (Å²) in [7, 11) is 0. The lowest BCUT2D eigenvalue weighted by atomic mass is 9.86. The van der Waals surface area contributed by atoms with Crippen LogP contribution in [0.1, 0.15) is 52.4 Å². The molecule has 0 aromatic carbocycles. The zero-order valence-corrected chi connectivity index (χ0v) is 14.5. The molecular formula is C17H27F2N3O2. The van der Waals surface area contributed by atoms with Crippen molar-refractivity contribution in [2.24, 2.45) is 11.1 Å². The molecule has 1 atom stereocenters. The normalized spacial score (nSPS) is 30.1. The van der Waals surface area contributed by atoms with E-state index in [0.29, 0.717) is 18.1 Å². The summed E-state index contributed by atoms with van der Waals surface area (Å²) in [6.07, 6.45) is 2.96. The first-order valence-electron chi connectivity index (χ1n) is 8.93. The fourth-order valence-electron chi connectivity index (χ4n) is 3.72. The highest BCUT2D eigenvalue weighted by Crippen LogP contribution is 2.38. The minimum absolute atomic E-state index is 0.277. The SMILES string of the molecule is CC(C)CCN1CCCC2(CC(C(=O)NC3CC(F)(F)C3)=NO2)C1. The molecule has 24 heavy (non-hydrogen) atoms. The lowest BCUT2D eigenvalue weighted by molar-refractivity contribution is -0.123. The monoisotopic (exact) mass is 343 g/mol. The Morgan fingerprint density at radius 3 is 2.88 bits per heavy atom. The molecule has 136 valence electrons. The molecule has 5 nitrogen and oxygen atoms in total. The van der Waals surface area contributed by atoms with Gasteiger partial charge in [-0.25, -0.2) is 8.78 Å². The van der Waals surface area contributed by atoms with Crippen LogP contribution in [0.5, 0.6) is 0 Å². The molecule has 1 amide bonds. The van der Waals surface area contributed by atoms with Gasteiger partial charge in [-0.05, 0) is 38.3 Å². The Hall–Kier alpha value is -1.24. The second-order valence-electron chi connectivity index (χ2n) is 7.99. The third-order valence-corrected chi connectivity index (χ3v) is 5.17. The van der Waals surface area contributed by atoms with Crippen LogP contribution in [0.3, 0.4) is 0 Å². The Bertz CT molecular complexity index is 516. The van der Waals surface area contributed by atoms with Crippen LogP contribution in [-0.2, 0) is 9.63 Å². The third-order valence-electron chi connectivity index (χ3n) is 5.17. The van der Waals surface area contributed by atoms with Crippen LogP contribution in [0.15, 0.2) is 5.16 Å². The number of hydrogen-bond acceptors (Lipinski definition) is 4. The van der Waals surface area contributed by atoms with Crippen LogP contribution >= 0.6 is 0 Å². The molecule has 3 rings (SSSR count). The van der Waals surface area contributed by atoms with E-state index in [4.69, 9.17) is 4.84 Å². The van der Waals surface area contributed by atoms with E-state index >= 15 is 0 Å². The standard InChI is InChI=1S/C17H27F2N3O2/c1-12(2)4-7-22-6-3-5-16(11-22)10-14(21-24-16)15(23)20-13-8-17(18,19)9-13/h12-13H,3-11H2,1-2H3,(H,20,23). The summed E-state index contributed by atoms with van der Waals surface area (Å²) in [5, 5.41) is 6.62. The Balaban J connectivity index is 1.49. The van der Waals surface area contributed by atoms with Crippen molar-refractivity contribution in [3.8, 4) is 0 Å². The number of carbonyl (C=O) groups is 1. The van der Waals surface area contributed by atoms with Crippen molar-refractivity contribution in [3.63, 3.8) is 0 Å². The van der Waals surface area contributed by atoms with Gasteiger partial charge in [0.2, 0.25) is 0 Å². The summed E-state index contributed by atoms with van der Waals surface area (Å²) in [5.74, 6) is -2.33. The fourth-order valence-corrected chi connectivity index (χ4v) is 3.72. The van der Waals surface area contributed by atoms with E-state index < -0.39 is 17.6 Å². The molecule has 1 aliphatic carbocycles. The van der Waals surface area contributed by atoms with Gasteiger partial charge in [-0.15, -0.1) is 0 Å². The van der Waals surface area contributed by atoms with E-state index in [1.54, 1.807) is 0 Å². The van der Waals surface area contributed by atoms with Crippen molar-refractivity contribution in [1.82, 2.24) is 10.2 Å². The maximum Gasteiger partial charge on any atom is 0.269 e. The highest BCUT2D eigenvalue weighted by atomic mass is 19.3. The summed E-state index contributed by atoms with van der Waals surface area (Å²) < 4.78 is 25.7. The number of nitrogens with zero attached hydrogens (tertiary/aromatic N) is 2. The molecule has 1 saturated heterocycles. The predicted molar refractivity (Wildman–Crippen MR) is 87.1 cm³/mol. The second kappa shape index (κ2) is 6.58. The van der Waals surface area contributed by atoms with Gasteiger partial charge in [-0.2, -0.15) is 0 Å². The fraction of sp³-hybridized carbons (Fsp3) is 0.882. The number of carbonyl (C=O) groups excluding carboxylic acids is 1. The van der Waals surface area contributed by atoms with Gasteiger partial charge in [-0.1, -0.05) is 19.0 Å². The van der Waals surface area contributed by atoms with Crippen LogP contribution in [0.25, 0.3) is 0 Å². The van der Waals surface area contributed by atoms with E-state index in [1.807, 2.05) is 0 Å². The van der Waals surface area contributed by atoms with E-state index in [-0.39, 0.29) is 18.7 Å². The Kier molecular flexibility index (Phi) is 4.82. The molecule has 1 N–H and O–H groups in total. The molecule has 2 heterocycles. The Morgan fingerprint density at radius 2 is 2.21 bits per heavy atom. The number of hydrogen-bond donors (Lipinski definition) is 1. The molecule has 7 heteroatoms. The summed E-state index contributed by atoms with van der Waals surface area (Å²) in [6.45, 7) is 7.28. The topological polar surface area (TPSA) is 53.9 Å². The first-order valence-corrected chi connectivity index (χ1v) is 8.93. The van der Waals surface area contributed by atoms with E-state index in [1.165, 1.54) is 0 Å². The number of alkyl halides is 2. The van der Waals surface area contributed by atoms with Crippen molar-refractivity contribution >= 4 is 11.6 Å². The first-order chi connectivity index (χ1) is 11.3. The van der Waals surface area contributed by atoms with Gasteiger partial charge in [0.25, 0.3) is 11.8 Å². The van der Waals surface area contributed by atoms with Crippen molar-refractivity contribution in [1.29, 1.82) is 0 Å². The predicted octanol–water partition coefficient (Wildman–Crippen LogP) is 2.56. The maximum atomic E-state index is 12.9. The van der Waals surface area contributed by atoms with E-state index in [9.17, 15) is 13.6 Å². The van der Waals surface area contributed by atoms with Crippen molar-refractivity contribution in [3.05, 3.63) is 0 Å². The summed E-state index contributed by atoms with van der Waals surface area (Å²) in [5.41, 5.74) is -0.0678. The number of halogens is 2. The van der Waals surface area contributed by atoms with E-state index in [2.05, 4.69) is 29.2 Å². The smallest absolute Gasteiger partial charge is 0.269 e. The highest BCUT2D eigenvalue weighted by Gasteiger charge is 2.48. The van der Waals surface area contributed by atoms with Gasteiger partial charge in [0.05, 0.1) is 0 Å². The largest absolute Gasteiger partial charge is 0.387 e. The van der Waals surface area contributed by atoms with Crippen molar-refractivity contribution < 1.29 is 18.4 Å². The molecule has 0 bridgehead atoms. The summed E-state index contributed by atoms with van der Waals surface area (Å²) >= 11 is 0. The van der Waals surface area contributed by atoms with Gasteiger partial charge < -0.3 is 10.2 Å². The van der Waals surface area contributed by atoms with Crippen LogP contribution in [0.4, 0.5) is 8.78 Å². The highest BCUT2D eigenvalue weighted by molar-refractivity contribution is 6.39. The zero-order valence-electron chi connectivity index (χ0n) is 14.5. The number of nitrogens with one attached hydrogen (secondary N) is 1. The molecule has 0 aromatic rings. The Labute approximate surface area is 141 Å². The minimum Gasteiger partial charge on any atom is -0.387 e. The molecule has 1 unspecified atom stereocenters. The number of likely N-dealkylation sites (tertiary alicyclic amines) is 1. The van der Waals surface area contributed by atoms with Gasteiger partial charge in [0, 0.05) is 31.8 Å². The Morgan fingerprint density at radius 1 is 1.46 bits per heavy atom. The zero-order chi connectivity index (χ0) is 17.4. The number of piperidine rings is 1. The number of oxime groups is 1. The van der Waals surface area contributed by atoms with Crippen LogP contribution in [0.2, 0.25) is 0 Å². The maximum absolute atomic E-state index is 12.9. The molecule has 2 aliphatic heterocycles. The molecular weight excluding hydrogens is 316 g/mol. The molecule has 0 radical (unpaired) electrons. The molecule has 2 fully saturated rings. The summed E-state index contributed by atoms with van der Waals surface area (Å²) in [6, 6.07) is -0.444. The van der Waals surface area contributed by atoms with Crippen LogP contribution in [-0.4, -0.2) is 53.7 Å². The minimum atomic E-state index is -2.63. The van der Waals surface area contributed by atoms with Gasteiger partial charge in [-0.3, -0.25) is 9.69 Å². The molecule has 0 aromatic heterocycles. The third kappa shape index (κ3) is 4.05. The van der Waals surface area contributed by atoms with Crippen LogP contribution < -0.4 is 5.32 Å². The van der Waals surface area contributed by atoms with E-state index in [0.717, 1.165) is 38.9 Å². The molecule has 1 spiro atoms. The van der Waals surface area contributed by atoms with Crippen LogP contribution in [0, 0.1) is 5.92 Å². The van der Waals surface area contributed by atoms with Gasteiger partial charge in [0.15, 0.2) is 5.60 Å². The average Bonchev–Trinajstić information content (AvgIpc) is 2.87. The van der Waals surface area contributed by atoms with Gasteiger partial charge in [0.1, 0.15) is 5.71 Å². The quantitative estimate of drug-likeness (QED) is 0.835. The summed E-state index contributed by atoms with van der Waals surface area (Å²) in [4.78, 5) is 20.2. The number of rotatable bonds is 5.